The van der Waals surface area contributed by atoms with Crippen LogP contribution in [0.25, 0.3) is 0 Å². The zero-order chi connectivity index (χ0) is 18.4. The number of carboxylic acids is 1. The minimum absolute atomic E-state index is 0.245. The van der Waals surface area contributed by atoms with E-state index in [1.807, 2.05) is 54.6 Å². The van der Waals surface area contributed by atoms with Gasteiger partial charge < -0.3 is 15.2 Å². The van der Waals surface area contributed by atoms with Gasteiger partial charge in [-0.25, -0.2) is 4.79 Å². The Hall–Kier alpha value is -2.79. The predicted octanol–water partition coefficient (Wildman–Crippen LogP) is 5.34. The van der Waals surface area contributed by atoms with E-state index in [4.69, 9.17) is 4.74 Å². The minimum atomic E-state index is -0.956. The fraction of sp³-hybridized carbons (Fsp3) is 0.0952. The van der Waals surface area contributed by atoms with Crippen molar-refractivity contribution in [3.63, 3.8) is 0 Å². The largest absolute Gasteiger partial charge is 0.489 e. The van der Waals surface area contributed by atoms with E-state index in [0.717, 1.165) is 21.3 Å². The summed E-state index contributed by atoms with van der Waals surface area (Å²) in [5.74, 6) is -0.194. The zero-order valence-electron chi connectivity index (χ0n) is 14.0. The summed E-state index contributed by atoms with van der Waals surface area (Å²) in [6, 6.07) is 22.6. The number of aromatic carboxylic acids is 1. The second-order valence-electron chi connectivity index (χ2n) is 5.73. The summed E-state index contributed by atoms with van der Waals surface area (Å²) in [6.07, 6.45) is 0. The van der Waals surface area contributed by atoms with Crippen molar-refractivity contribution in [3.05, 3.63) is 94.0 Å². The Kier molecular flexibility index (Phi) is 5.92. The molecule has 0 amide bonds. The fourth-order valence-electron chi connectivity index (χ4n) is 2.58. The van der Waals surface area contributed by atoms with E-state index >= 15 is 0 Å². The lowest BCUT2D eigenvalue weighted by Crippen LogP contribution is -2.07. The first-order valence-electron chi connectivity index (χ1n) is 8.15. The number of hydrogen-bond acceptors (Lipinski definition) is 3. The molecule has 0 aromatic heterocycles. The van der Waals surface area contributed by atoms with Crippen molar-refractivity contribution >= 4 is 27.6 Å². The van der Waals surface area contributed by atoms with E-state index in [1.165, 1.54) is 0 Å². The molecule has 0 aliphatic rings. The first-order valence-corrected chi connectivity index (χ1v) is 8.94. The lowest BCUT2D eigenvalue weighted by atomic mass is 10.1. The number of carbonyl (C=O) groups is 1. The fourth-order valence-corrected chi connectivity index (χ4v) is 2.99. The van der Waals surface area contributed by atoms with Gasteiger partial charge >= 0.3 is 5.97 Å². The summed E-state index contributed by atoms with van der Waals surface area (Å²) in [4.78, 5) is 11.3. The maximum atomic E-state index is 11.3. The molecule has 3 aromatic rings. The van der Waals surface area contributed by atoms with Gasteiger partial charge in [0.05, 0.1) is 5.56 Å². The molecule has 0 saturated heterocycles. The van der Waals surface area contributed by atoms with Gasteiger partial charge in [0.2, 0.25) is 0 Å². The summed E-state index contributed by atoms with van der Waals surface area (Å²) >= 11 is 3.48. The molecule has 0 aliphatic carbocycles. The molecule has 0 unspecified atom stereocenters. The molecule has 26 heavy (non-hydrogen) atoms. The number of rotatable bonds is 7. The van der Waals surface area contributed by atoms with Crippen LogP contribution >= 0.6 is 15.9 Å². The van der Waals surface area contributed by atoms with Crippen LogP contribution in [0, 0.1) is 0 Å². The van der Waals surface area contributed by atoms with Crippen LogP contribution in [0.2, 0.25) is 0 Å². The third-order valence-corrected chi connectivity index (χ3v) is 4.38. The quantitative estimate of drug-likeness (QED) is 0.550. The number of hydrogen-bond donors (Lipinski definition) is 2. The van der Waals surface area contributed by atoms with Crippen LogP contribution in [0.3, 0.4) is 0 Å². The van der Waals surface area contributed by atoms with E-state index in [1.54, 1.807) is 18.2 Å². The summed E-state index contributed by atoms with van der Waals surface area (Å²) in [7, 11) is 0. The van der Waals surface area contributed by atoms with Gasteiger partial charge in [0.15, 0.2) is 0 Å². The van der Waals surface area contributed by atoms with Crippen LogP contribution in [-0.2, 0) is 13.2 Å². The molecular weight excluding hydrogens is 394 g/mol. The molecule has 0 radical (unpaired) electrons. The lowest BCUT2D eigenvalue weighted by Gasteiger charge is -2.14. The summed E-state index contributed by atoms with van der Waals surface area (Å²) < 4.78 is 6.91. The van der Waals surface area contributed by atoms with Gasteiger partial charge in [-0.05, 0) is 35.9 Å². The Bertz CT molecular complexity index is 897. The Labute approximate surface area is 160 Å². The number of carboxylic acid groups (broad SMARTS) is 1. The molecule has 5 heteroatoms. The maximum Gasteiger partial charge on any atom is 0.337 e. The maximum absolute atomic E-state index is 11.3. The number of halogens is 1. The number of ether oxygens (including phenoxy) is 1. The lowest BCUT2D eigenvalue weighted by molar-refractivity contribution is 0.0698. The van der Waals surface area contributed by atoms with Gasteiger partial charge in [-0.1, -0.05) is 58.4 Å². The van der Waals surface area contributed by atoms with Crippen molar-refractivity contribution in [1.29, 1.82) is 0 Å². The first kappa shape index (κ1) is 18.0. The number of benzene rings is 3. The second-order valence-corrected chi connectivity index (χ2v) is 6.65. The third kappa shape index (κ3) is 4.64. The highest BCUT2D eigenvalue weighted by Gasteiger charge is 2.10. The van der Waals surface area contributed by atoms with Crippen molar-refractivity contribution in [3.8, 4) is 5.75 Å². The zero-order valence-corrected chi connectivity index (χ0v) is 15.6. The number of nitrogens with one attached hydrogen (secondary N) is 1. The molecule has 3 rings (SSSR count). The molecule has 3 aromatic carbocycles. The van der Waals surface area contributed by atoms with Crippen LogP contribution < -0.4 is 10.1 Å². The molecule has 0 spiro atoms. The molecule has 0 aliphatic heterocycles. The van der Waals surface area contributed by atoms with Gasteiger partial charge in [-0.3, -0.25) is 0 Å². The molecule has 132 valence electrons. The van der Waals surface area contributed by atoms with Crippen LogP contribution in [-0.4, -0.2) is 11.1 Å². The van der Waals surface area contributed by atoms with Crippen LogP contribution in [0.4, 0.5) is 5.69 Å². The summed E-state index contributed by atoms with van der Waals surface area (Å²) in [5.41, 5.74) is 2.85. The second kappa shape index (κ2) is 8.54. The molecule has 4 nitrogen and oxygen atoms in total. The minimum Gasteiger partial charge on any atom is -0.489 e. The topological polar surface area (TPSA) is 58.6 Å². The van der Waals surface area contributed by atoms with Crippen LogP contribution in [0.1, 0.15) is 21.5 Å². The summed E-state index contributed by atoms with van der Waals surface area (Å²) in [5, 5.41) is 12.5. The van der Waals surface area contributed by atoms with Crippen LogP contribution in [0.5, 0.6) is 5.75 Å². The molecular formula is C21H18BrNO3. The van der Waals surface area contributed by atoms with Crippen molar-refractivity contribution in [2.24, 2.45) is 0 Å². The average molecular weight is 412 g/mol. The highest BCUT2D eigenvalue weighted by Crippen LogP contribution is 2.26. The number of anilines is 1. The van der Waals surface area contributed by atoms with Gasteiger partial charge in [-0.15, -0.1) is 0 Å². The average Bonchev–Trinajstić information content (AvgIpc) is 2.66. The highest BCUT2D eigenvalue weighted by molar-refractivity contribution is 9.10. The van der Waals surface area contributed by atoms with Crippen molar-refractivity contribution in [2.45, 2.75) is 13.2 Å². The van der Waals surface area contributed by atoms with E-state index in [-0.39, 0.29) is 5.56 Å². The van der Waals surface area contributed by atoms with Crippen molar-refractivity contribution in [2.75, 3.05) is 5.32 Å². The van der Waals surface area contributed by atoms with E-state index in [0.29, 0.717) is 18.8 Å². The Balaban J connectivity index is 1.75. The first-order chi connectivity index (χ1) is 12.6. The van der Waals surface area contributed by atoms with Gasteiger partial charge in [0.25, 0.3) is 0 Å². The molecule has 0 heterocycles. The van der Waals surface area contributed by atoms with Gasteiger partial charge in [0, 0.05) is 22.3 Å². The summed E-state index contributed by atoms with van der Waals surface area (Å²) in [6.45, 7) is 0.926. The highest BCUT2D eigenvalue weighted by atomic mass is 79.9. The Morgan fingerprint density at radius 3 is 2.50 bits per heavy atom. The standard InChI is InChI=1S/C21H18BrNO3/c22-17-10-11-20(26-14-15-6-2-1-3-7-15)16(12-17)13-23-19-9-5-4-8-18(19)21(24)25/h1-12,23H,13-14H2,(H,24,25). The monoisotopic (exact) mass is 411 g/mol. The molecule has 0 atom stereocenters. The molecule has 0 saturated carbocycles. The van der Waals surface area contributed by atoms with E-state index in [2.05, 4.69) is 21.2 Å². The smallest absolute Gasteiger partial charge is 0.337 e. The Morgan fingerprint density at radius 1 is 1.00 bits per heavy atom. The van der Waals surface area contributed by atoms with E-state index < -0.39 is 5.97 Å². The molecule has 0 fully saturated rings. The molecule has 0 bridgehead atoms. The third-order valence-electron chi connectivity index (χ3n) is 3.89. The Morgan fingerprint density at radius 2 is 1.73 bits per heavy atom. The normalized spacial score (nSPS) is 10.3. The van der Waals surface area contributed by atoms with Crippen molar-refractivity contribution < 1.29 is 14.6 Å². The van der Waals surface area contributed by atoms with Crippen molar-refractivity contribution in [1.82, 2.24) is 0 Å². The van der Waals surface area contributed by atoms with Gasteiger partial charge in [-0.2, -0.15) is 0 Å². The van der Waals surface area contributed by atoms with E-state index in [9.17, 15) is 9.90 Å². The van der Waals surface area contributed by atoms with Gasteiger partial charge in [0.1, 0.15) is 12.4 Å². The number of para-hydroxylation sites is 1. The van der Waals surface area contributed by atoms with Crippen LogP contribution in [0.15, 0.2) is 77.3 Å². The predicted molar refractivity (Wildman–Crippen MR) is 106 cm³/mol. The molecule has 2 N–H and O–H groups in total. The SMILES string of the molecule is O=C(O)c1ccccc1NCc1cc(Br)ccc1OCc1ccccc1.